The summed E-state index contributed by atoms with van der Waals surface area (Å²) >= 11 is 3.51. The van der Waals surface area contributed by atoms with E-state index in [1.807, 2.05) is 31.2 Å². The van der Waals surface area contributed by atoms with E-state index in [0.717, 1.165) is 16.5 Å². The molecular weight excluding hydrogens is 268 g/mol. The molecule has 1 aromatic rings. The number of cyclic esters (lactones) is 1. The van der Waals surface area contributed by atoms with E-state index in [2.05, 4.69) is 22.5 Å². The Balaban J connectivity index is 2.36. The van der Waals surface area contributed by atoms with Gasteiger partial charge in [-0.15, -0.1) is 0 Å². The molecule has 2 atom stereocenters. The Labute approximate surface area is 103 Å². The number of carbonyl (C=O) groups excluding carboxylic acids is 1. The van der Waals surface area contributed by atoms with Crippen molar-refractivity contribution >= 4 is 21.9 Å². The highest BCUT2D eigenvalue weighted by molar-refractivity contribution is 9.10. The summed E-state index contributed by atoms with van der Waals surface area (Å²) in [5.74, 6) is -0.216. The first-order chi connectivity index (χ1) is 7.59. The van der Waals surface area contributed by atoms with E-state index in [0.29, 0.717) is 5.57 Å². The maximum absolute atomic E-state index is 11.6. The molecule has 0 N–H and O–H groups in total. The third kappa shape index (κ3) is 2.05. The topological polar surface area (TPSA) is 26.3 Å². The summed E-state index contributed by atoms with van der Waals surface area (Å²) in [5.41, 5.74) is 1.65. The predicted octanol–water partition coefficient (Wildman–Crippen LogP) is 3.42. The lowest BCUT2D eigenvalue weighted by molar-refractivity contribution is -0.147. The van der Waals surface area contributed by atoms with Crippen LogP contribution in [-0.2, 0) is 9.53 Å². The minimum atomic E-state index is -0.278. The number of halogens is 1. The van der Waals surface area contributed by atoms with E-state index < -0.39 is 0 Å². The first-order valence-electron chi connectivity index (χ1n) is 5.24. The van der Waals surface area contributed by atoms with Crippen LogP contribution in [0.5, 0.6) is 0 Å². The first kappa shape index (κ1) is 11.4. The number of esters is 1. The first-order valence-corrected chi connectivity index (χ1v) is 6.03. The average Bonchev–Trinajstić information content (AvgIpc) is 2.24. The molecule has 0 saturated carbocycles. The predicted molar refractivity (Wildman–Crippen MR) is 66.2 cm³/mol. The van der Waals surface area contributed by atoms with Gasteiger partial charge in [-0.1, -0.05) is 40.7 Å². The van der Waals surface area contributed by atoms with Crippen molar-refractivity contribution in [2.75, 3.05) is 0 Å². The Hall–Kier alpha value is -1.09. The second-order valence-corrected chi connectivity index (χ2v) is 4.91. The van der Waals surface area contributed by atoms with Crippen molar-refractivity contribution in [3.05, 3.63) is 46.5 Å². The second-order valence-electron chi connectivity index (χ2n) is 4.05. The lowest BCUT2D eigenvalue weighted by Gasteiger charge is -2.29. The van der Waals surface area contributed by atoms with Gasteiger partial charge in [-0.2, -0.15) is 0 Å². The van der Waals surface area contributed by atoms with Crippen LogP contribution in [0.15, 0.2) is 40.9 Å². The quantitative estimate of drug-likeness (QED) is 0.582. The van der Waals surface area contributed by atoms with Gasteiger partial charge in [0.1, 0.15) is 6.10 Å². The molecule has 16 heavy (non-hydrogen) atoms. The molecule has 2 unspecified atom stereocenters. The lowest BCUT2D eigenvalue weighted by atomic mass is 9.85. The highest BCUT2D eigenvalue weighted by Crippen LogP contribution is 2.37. The fraction of sp³-hybridized carbons (Fsp3) is 0.308. The maximum Gasteiger partial charge on any atom is 0.334 e. The van der Waals surface area contributed by atoms with Crippen LogP contribution in [0.3, 0.4) is 0 Å². The number of benzene rings is 1. The van der Waals surface area contributed by atoms with Crippen molar-refractivity contribution in [1.82, 2.24) is 0 Å². The minimum Gasteiger partial charge on any atom is -0.459 e. The molecule has 1 aliphatic heterocycles. The van der Waals surface area contributed by atoms with Crippen LogP contribution in [0.1, 0.15) is 24.8 Å². The highest BCUT2D eigenvalue weighted by Gasteiger charge is 2.31. The van der Waals surface area contributed by atoms with Gasteiger partial charge in [0.05, 0.1) is 0 Å². The third-order valence-corrected chi connectivity index (χ3v) is 3.56. The van der Waals surface area contributed by atoms with Crippen LogP contribution >= 0.6 is 15.9 Å². The molecular formula is C13H13BrO2. The van der Waals surface area contributed by atoms with Gasteiger partial charge in [-0.3, -0.25) is 0 Å². The summed E-state index contributed by atoms with van der Waals surface area (Å²) in [4.78, 5) is 11.6. The Morgan fingerprint density at radius 2 is 2.12 bits per heavy atom. The average molecular weight is 281 g/mol. The fourth-order valence-corrected chi connectivity index (χ4v) is 2.56. The molecule has 0 aromatic heterocycles. The zero-order valence-electron chi connectivity index (χ0n) is 9.07. The Kier molecular flexibility index (Phi) is 3.15. The molecule has 84 valence electrons. The van der Waals surface area contributed by atoms with E-state index in [9.17, 15) is 4.79 Å². The van der Waals surface area contributed by atoms with Crippen LogP contribution in [0.2, 0.25) is 0 Å². The number of carbonyl (C=O) groups is 1. The lowest BCUT2D eigenvalue weighted by Crippen LogP contribution is -2.28. The van der Waals surface area contributed by atoms with Crippen LogP contribution in [0.4, 0.5) is 0 Å². The molecule has 2 rings (SSSR count). The summed E-state index contributed by atoms with van der Waals surface area (Å²) in [5, 5.41) is 0. The van der Waals surface area contributed by atoms with Gasteiger partial charge in [-0.25, -0.2) is 4.79 Å². The summed E-state index contributed by atoms with van der Waals surface area (Å²) in [6.07, 6.45) is 0.753. The van der Waals surface area contributed by atoms with Crippen LogP contribution in [0, 0.1) is 0 Å². The Bertz CT molecular complexity index is 439. The zero-order chi connectivity index (χ0) is 11.7. The van der Waals surface area contributed by atoms with E-state index in [1.165, 1.54) is 0 Å². The van der Waals surface area contributed by atoms with Gasteiger partial charge in [-0.05, 0) is 25.0 Å². The molecule has 0 spiro atoms. The van der Waals surface area contributed by atoms with Gasteiger partial charge in [0.15, 0.2) is 0 Å². The van der Waals surface area contributed by atoms with Gasteiger partial charge >= 0.3 is 5.97 Å². The standard InChI is InChI=1S/C13H13BrO2/c1-8-7-11(9(2)13(15)16-8)10-5-3-4-6-12(10)14/h3-6,8,11H,2,7H2,1H3. The van der Waals surface area contributed by atoms with Crippen molar-refractivity contribution in [3.8, 4) is 0 Å². The fourth-order valence-electron chi connectivity index (χ4n) is 2.00. The molecule has 3 heteroatoms. The molecule has 1 heterocycles. The van der Waals surface area contributed by atoms with Gasteiger partial charge in [0, 0.05) is 16.0 Å². The third-order valence-electron chi connectivity index (χ3n) is 2.84. The number of rotatable bonds is 1. The molecule has 0 radical (unpaired) electrons. The van der Waals surface area contributed by atoms with Crippen molar-refractivity contribution in [2.45, 2.75) is 25.4 Å². The molecule has 1 aliphatic rings. The summed E-state index contributed by atoms with van der Waals surface area (Å²) in [6, 6.07) is 7.93. The van der Waals surface area contributed by atoms with Crippen LogP contribution < -0.4 is 0 Å². The van der Waals surface area contributed by atoms with Gasteiger partial charge < -0.3 is 4.74 Å². The Morgan fingerprint density at radius 3 is 2.81 bits per heavy atom. The smallest absolute Gasteiger partial charge is 0.334 e. The Morgan fingerprint density at radius 1 is 1.44 bits per heavy atom. The largest absolute Gasteiger partial charge is 0.459 e. The molecule has 1 saturated heterocycles. The molecule has 1 aromatic carbocycles. The molecule has 0 bridgehead atoms. The summed E-state index contributed by atoms with van der Waals surface area (Å²) in [6.45, 7) is 5.74. The van der Waals surface area contributed by atoms with E-state index in [4.69, 9.17) is 4.74 Å². The SMILES string of the molecule is C=C1C(=O)OC(C)CC1c1ccccc1Br. The molecule has 0 aliphatic carbocycles. The van der Waals surface area contributed by atoms with E-state index in [-0.39, 0.29) is 18.0 Å². The summed E-state index contributed by atoms with van der Waals surface area (Å²) < 4.78 is 6.15. The van der Waals surface area contributed by atoms with E-state index in [1.54, 1.807) is 0 Å². The minimum absolute atomic E-state index is 0.0462. The number of ether oxygens (including phenoxy) is 1. The zero-order valence-corrected chi connectivity index (χ0v) is 10.7. The van der Waals surface area contributed by atoms with Crippen LogP contribution in [0.25, 0.3) is 0 Å². The normalized spacial score (nSPS) is 25.4. The highest BCUT2D eigenvalue weighted by atomic mass is 79.9. The van der Waals surface area contributed by atoms with Gasteiger partial charge in [0.25, 0.3) is 0 Å². The van der Waals surface area contributed by atoms with Crippen molar-refractivity contribution in [3.63, 3.8) is 0 Å². The summed E-state index contributed by atoms with van der Waals surface area (Å²) in [7, 11) is 0. The maximum atomic E-state index is 11.6. The van der Waals surface area contributed by atoms with Crippen molar-refractivity contribution < 1.29 is 9.53 Å². The number of hydrogen-bond acceptors (Lipinski definition) is 2. The van der Waals surface area contributed by atoms with Crippen molar-refractivity contribution in [1.29, 1.82) is 0 Å². The number of hydrogen-bond donors (Lipinski definition) is 0. The monoisotopic (exact) mass is 280 g/mol. The molecule has 1 fully saturated rings. The molecule has 0 amide bonds. The van der Waals surface area contributed by atoms with Gasteiger partial charge in [0.2, 0.25) is 0 Å². The van der Waals surface area contributed by atoms with Crippen LogP contribution in [-0.4, -0.2) is 12.1 Å². The second kappa shape index (κ2) is 4.42. The van der Waals surface area contributed by atoms with E-state index >= 15 is 0 Å². The van der Waals surface area contributed by atoms with Crippen molar-refractivity contribution in [2.24, 2.45) is 0 Å². The molecule has 2 nitrogen and oxygen atoms in total.